The van der Waals surface area contributed by atoms with E-state index >= 15 is 0 Å². The number of hydrogen-bond acceptors (Lipinski definition) is 6. The van der Waals surface area contributed by atoms with E-state index < -0.39 is 31.6 Å². The third kappa shape index (κ3) is 4.12. The number of halogens is 1. The van der Waals surface area contributed by atoms with Crippen LogP contribution in [0, 0.1) is 15.9 Å². The zero-order chi connectivity index (χ0) is 22.1. The summed E-state index contributed by atoms with van der Waals surface area (Å²) in [5.74, 6) is -1.25. The minimum atomic E-state index is -4.01. The highest BCUT2D eigenvalue weighted by Crippen LogP contribution is 2.28. The molecule has 1 aliphatic rings. The van der Waals surface area contributed by atoms with Crippen LogP contribution >= 0.6 is 0 Å². The third-order valence-corrected chi connectivity index (χ3v) is 6.81. The van der Waals surface area contributed by atoms with Gasteiger partial charge in [-0.2, -0.15) is 4.31 Å². The van der Waals surface area contributed by atoms with E-state index in [2.05, 4.69) is 0 Å². The molecule has 0 spiro atoms. The number of piperazine rings is 1. The molecule has 2 aromatic carbocycles. The molecule has 1 heterocycles. The molecule has 0 bridgehead atoms. The van der Waals surface area contributed by atoms with E-state index in [1.807, 2.05) is 0 Å². The SMILES string of the molecule is CN(C)c1ccc(C(=O)N2CCN(S(=O)(=O)c3ccccc3F)CC2)cc1[N+](=O)[O-]. The van der Waals surface area contributed by atoms with Gasteiger partial charge in [0.05, 0.1) is 4.92 Å². The monoisotopic (exact) mass is 436 g/mol. The van der Waals surface area contributed by atoms with Crippen LogP contribution in [0.1, 0.15) is 10.4 Å². The lowest BCUT2D eigenvalue weighted by Crippen LogP contribution is -2.50. The van der Waals surface area contributed by atoms with Gasteiger partial charge in [0.1, 0.15) is 16.4 Å². The summed E-state index contributed by atoms with van der Waals surface area (Å²) in [6.07, 6.45) is 0. The van der Waals surface area contributed by atoms with E-state index in [0.29, 0.717) is 5.69 Å². The molecule has 0 N–H and O–H groups in total. The van der Waals surface area contributed by atoms with Crippen molar-refractivity contribution in [2.75, 3.05) is 45.2 Å². The summed E-state index contributed by atoms with van der Waals surface area (Å²) >= 11 is 0. The Hall–Kier alpha value is -3.05. The summed E-state index contributed by atoms with van der Waals surface area (Å²) in [6.45, 7) is 0.187. The molecule has 11 heteroatoms. The average Bonchev–Trinajstić information content (AvgIpc) is 2.73. The van der Waals surface area contributed by atoms with Crippen LogP contribution in [0.2, 0.25) is 0 Å². The second-order valence-electron chi connectivity index (χ2n) is 6.98. The van der Waals surface area contributed by atoms with Gasteiger partial charge in [0.2, 0.25) is 10.0 Å². The molecule has 0 unspecified atom stereocenters. The first-order chi connectivity index (χ1) is 14.1. The normalized spacial score (nSPS) is 15.1. The number of amides is 1. The molecule has 1 aliphatic heterocycles. The molecular weight excluding hydrogens is 415 g/mol. The van der Waals surface area contributed by atoms with Crippen molar-refractivity contribution < 1.29 is 22.5 Å². The van der Waals surface area contributed by atoms with Crippen LogP contribution in [0.4, 0.5) is 15.8 Å². The van der Waals surface area contributed by atoms with Crippen molar-refractivity contribution in [1.29, 1.82) is 0 Å². The standard InChI is InChI=1S/C19H21FN4O5S/c1-21(2)16-8-7-14(13-17(16)24(26)27)19(25)22-9-11-23(12-10-22)30(28,29)18-6-4-3-5-15(18)20/h3-8,13H,9-12H2,1-2H3. The minimum Gasteiger partial charge on any atom is -0.372 e. The number of nitro groups is 1. The third-order valence-electron chi connectivity index (χ3n) is 4.88. The van der Waals surface area contributed by atoms with Crippen molar-refractivity contribution >= 4 is 27.3 Å². The van der Waals surface area contributed by atoms with Crippen LogP contribution in [-0.4, -0.2) is 68.7 Å². The molecular formula is C19H21FN4O5S. The van der Waals surface area contributed by atoms with Crippen LogP contribution < -0.4 is 4.90 Å². The lowest BCUT2D eigenvalue weighted by molar-refractivity contribution is -0.384. The number of carbonyl (C=O) groups is 1. The summed E-state index contributed by atoms with van der Waals surface area (Å²) in [6, 6.07) is 9.37. The second-order valence-corrected chi connectivity index (χ2v) is 8.89. The maximum Gasteiger partial charge on any atom is 0.293 e. The number of hydrogen-bond donors (Lipinski definition) is 0. The number of nitro benzene ring substituents is 1. The van der Waals surface area contributed by atoms with Crippen LogP contribution in [-0.2, 0) is 10.0 Å². The van der Waals surface area contributed by atoms with Gasteiger partial charge in [-0.25, -0.2) is 12.8 Å². The highest BCUT2D eigenvalue weighted by Gasteiger charge is 2.32. The van der Waals surface area contributed by atoms with Gasteiger partial charge in [0.25, 0.3) is 11.6 Å². The molecule has 1 amide bonds. The number of rotatable bonds is 5. The van der Waals surface area contributed by atoms with E-state index in [-0.39, 0.29) is 37.4 Å². The quantitative estimate of drug-likeness (QED) is 0.524. The van der Waals surface area contributed by atoms with Crippen LogP contribution in [0.3, 0.4) is 0 Å². The number of anilines is 1. The van der Waals surface area contributed by atoms with Crippen LogP contribution in [0.15, 0.2) is 47.4 Å². The highest BCUT2D eigenvalue weighted by molar-refractivity contribution is 7.89. The second kappa shape index (κ2) is 8.36. The molecule has 0 aromatic heterocycles. The van der Waals surface area contributed by atoms with E-state index in [9.17, 15) is 27.7 Å². The Labute approximate surface area is 173 Å². The molecule has 1 fully saturated rings. The zero-order valence-corrected chi connectivity index (χ0v) is 17.3. The predicted molar refractivity (Wildman–Crippen MR) is 108 cm³/mol. The molecule has 9 nitrogen and oxygen atoms in total. The molecule has 1 saturated heterocycles. The summed E-state index contributed by atoms with van der Waals surface area (Å²) < 4.78 is 40.4. The summed E-state index contributed by atoms with van der Waals surface area (Å²) in [7, 11) is -0.683. The molecule has 2 aromatic rings. The average molecular weight is 436 g/mol. The van der Waals surface area contributed by atoms with E-state index in [0.717, 1.165) is 10.4 Å². The molecule has 3 rings (SSSR count). The number of sulfonamides is 1. The highest BCUT2D eigenvalue weighted by atomic mass is 32.2. The van der Waals surface area contributed by atoms with E-state index in [1.54, 1.807) is 19.0 Å². The van der Waals surface area contributed by atoms with Crippen molar-refractivity contribution in [3.8, 4) is 0 Å². The van der Waals surface area contributed by atoms with Gasteiger partial charge < -0.3 is 9.80 Å². The molecule has 0 atom stereocenters. The molecule has 0 aliphatic carbocycles. The van der Waals surface area contributed by atoms with Crippen molar-refractivity contribution in [3.05, 3.63) is 64.0 Å². The Morgan fingerprint density at radius 3 is 2.30 bits per heavy atom. The Kier molecular flexibility index (Phi) is 6.04. The maximum absolute atomic E-state index is 13.9. The largest absolute Gasteiger partial charge is 0.372 e. The lowest BCUT2D eigenvalue weighted by atomic mass is 10.1. The minimum absolute atomic E-state index is 0.000280. The number of benzene rings is 2. The van der Waals surface area contributed by atoms with Gasteiger partial charge >= 0.3 is 0 Å². The Balaban J connectivity index is 1.75. The van der Waals surface area contributed by atoms with Crippen molar-refractivity contribution in [3.63, 3.8) is 0 Å². The van der Waals surface area contributed by atoms with Gasteiger partial charge in [-0.1, -0.05) is 12.1 Å². The van der Waals surface area contributed by atoms with Crippen molar-refractivity contribution in [1.82, 2.24) is 9.21 Å². The molecule has 30 heavy (non-hydrogen) atoms. The fourth-order valence-electron chi connectivity index (χ4n) is 3.29. The summed E-state index contributed by atoms with van der Waals surface area (Å²) in [4.78, 5) is 26.2. The first kappa shape index (κ1) is 21.7. The van der Waals surface area contributed by atoms with Gasteiger partial charge in [-0.15, -0.1) is 0 Å². The number of carbonyl (C=O) groups excluding carboxylic acids is 1. The molecule has 0 radical (unpaired) electrons. The van der Waals surface area contributed by atoms with Crippen LogP contribution in [0.25, 0.3) is 0 Å². The first-order valence-electron chi connectivity index (χ1n) is 9.12. The fourth-order valence-corrected chi connectivity index (χ4v) is 4.78. The predicted octanol–water partition coefficient (Wildman–Crippen LogP) is 1.95. The first-order valence-corrected chi connectivity index (χ1v) is 10.6. The van der Waals surface area contributed by atoms with Gasteiger partial charge in [-0.05, 0) is 24.3 Å². The summed E-state index contributed by atoms with van der Waals surface area (Å²) in [5, 5.41) is 11.3. The smallest absolute Gasteiger partial charge is 0.293 e. The Morgan fingerprint density at radius 2 is 1.73 bits per heavy atom. The Morgan fingerprint density at radius 1 is 1.10 bits per heavy atom. The Bertz CT molecular complexity index is 1080. The fraction of sp³-hybridized carbons (Fsp3) is 0.316. The zero-order valence-electron chi connectivity index (χ0n) is 16.5. The van der Waals surface area contributed by atoms with E-state index in [4.69, 9.17) is 0 Å². The molecule has 0 saturated carbocycles. The van der Waals surface area contributed by atoms with Crippen molar-refractivity contribution in [2.45, 2.75) is 4.90 Å². The number of nitrogens with zero attached hydrogens (tertiary/aromatic N) is 4. The lowest BCUT2D eigenvalue weighted by Gasteiger charge is -2.34. The van der Waals surface area contributed by atoms with Gasteiger partial charge in [-0.3, -0.25) is 14.9 Å². The van der Waals surface area contributed by atoms with Gasteiger partial charge in [0, 0.05) is 51.9 Å². The summed E-state index contributed by atoms with van der Waals surface area (Å²) in [5.41, 5.74) is 0.335. The van der Waals surface area contributed by atoms with E-state index in [1.165, 1.54) is 41.3 Å². The maximum atomic E-state index is 13.9. The van der Waals surface area contributed by atoms with Crippen molar-refractivity contribution in [2.24, 2.45) is 0 Å². The van der Waals surface area contributed by atoms with Gasteiger partial charge in [0.15, 0.2) is 0 Å². The molecule has 160 valence electrons. The van der Waals surface area contributed by atoms with Crippen LogP contribution in [0.5, 0.6) is 0 Å². The topological polar surface area (TPSA) is 104 Å².